The molecule has 2 rings (SSSR count). The van der Waals surface area contributed by atoms with E-state index >= 15 is 0 Å². The summed E-state index contributed by atoms with van der Waals surface area (Å²) in [7, 11) is 0. The first-order valence-electron chi connectivity index (χ1n) is 5.86. The van der Waals surface area contributed by atoms with Crippen molar-refractivity contribution < 1.29 is 5.11 Å². The molecule has 0 heterocycles. The molecule has 0 saturated heterocycles. The lowest BCUT2D eigenvalue weighted by atomic mass is 9.68. The van der Waals surface area contributed by atoms with Gasteiger partial charge in [-0.05, 0) is 24.3 Å². The molecule has 15 heavy (non-hydrogen) atoms. The molecule has 0 radical (unpaired) electrons. The van der Waals surface area contributed by atoms with Gasteiger partial charge < -0.3 is 5.11 Å². The van der Waals surface area contributed by atoms with Gasteiger partial charge in [-0.3, -0.25) is 0 Å². The molecular weight excluding hydrogens is 184 g/mol. The second-order valence-electron chi connectivity index (χ2n) is 5.22. The van der Waals surface area contributed by atoms with Crippen molar-refractivity contribution in [3.63, 3.8) is 0 Å². The topological polar surface area (TPSA) is 20.2 Å². The van der Waals surface area contributed by atoms with Crippen LogP contribution in [0.15, 0.2) is 30.3 Å². The van der Waals surface area contributed by atoms with Gasteiger partial charge in [0, 0.05) is 5.41 Å². The van der Waals surface area contributed by atoms with Crippen molar-refractivity contribution in [3.8, 4) is 0 Å². The van der Waals surface area contributed by atoms with E-state index in [4.69, 9.17) is 0 Å². The fraction of sp³-hybridized carbons (Fsp3) is 0.571. The fourth-order valence-corrected chi connectivity index (χ4v) is 2.38. The van der Waals surface area contributed by atoms with Crippen molar-refractivity contribution in [2.45, 2.75) is 44.6 Å². The van der Waals surface area contributed by atoms with E-state index in [-0.39, 0.29) is 11.5 Å². The van der Waals surface area contributed by atoms with E-state index in [0.29, 0.717) is 5.92 Å². The molecule has 0 aromatic heterocycles. The van der Waals surface area contributed by atoms with Crippen LogP contribution in [0.1, 0.15) is 38.7 Å². The Morgan fingerprint density at radius 2 is 1.80 bits per heavy atom. The summed E-state index contributed by atoms with van der Waals surface area (Å²) in [6, 6.07) is 10.3. The summed E-state index contributed by atoms with van der Waals surface area (Å²) in [6.07, 6.45) is 3.47. The lowest BCUT2D eigenvalue weighted by Crippen LogP contribution is -2.42. The van der Waals surface area contributed by atoms with E-state index in [1.54, 1.807) is 0 Å². The molecular formula is C14H20O. The molecule has 1 aromatic carbocycles. The van der Waals surface area contributed by atoms with Crippen LogP contribution in [-0.2, 0) is 5.41 Å². The van der Waals surface area contributed by atoms with Crippen molar-refractivity contribution in [2.75, 3.05) is 0 Å². The summed E-state index contributed by atoms with van der Waals surface area (Å²) in [5.74, 6) is 0.514. The minimum Gasteiger partial charge on any atom is -0.392 e. The molecule has 0 aliphatic heterocycles. The van der Waals surface area contributed by atoms with Crippen LogP contribution in [0.4, 0.5) is 0 Å². The molecule has 1 aliphatic rings. The molecule has 1 saturated carbocycles. The summed E-state index contributed by atoms with van der Waals surface area (Å²) < 4.78 is 0. The van der Waals surface area contributed by atoms with Gasteiger partial charge >= 0.3 is 0 Å². The highest BCUT2D eigenvalue weighted by atomic mass is 16.3. The quantitative estimate of drug-likeness (QED) is 0.802. The van der Waals surface area contributed by atoms with Crippen LogP contribution in [0.2, 0.25) is 0 Å². The Bertz CT molecular complexity index is 311. The highest BCUT2D eigenvalue weighted by Gasteiger charge is 2.37. The van der Waals surface area contributed by atoms with Crippen LogP contribution in [-0.4, -0.2) is 11.2 Å². The van der Waals surface area contributed by atoms with Crippen LogP contribution in [0, 0.1) is 5.92 Å². The maximum atomic E-state index is 10.4. The highest BCUT2D eigenvalue weighted by Crippen LogP contribution is 2.39. The number of hydrogen-bond acceptors (Lipinski definition) is 1. The van der Waals surface area contributed by atoms with E-state index in [1.165, 1.54) is 24.8 Å². The molecule has 0 bridgehead atoms. The van der Waals surface area contributed by atoms with Gasteiger partial charge in [0.25, 0.3) is 0 Å². The van der Waals surface area contributed by atoms with E-state index in [2.05, 4.69) is 26.0 Å². The zero-order chi connectivity index (χ0) is 10.9. The second kappa shape index (κ2) is 3.97. The van der Waals surface area contributed by atoms with Gasteiger partial charge in [0.05, 0.1) is 6.10 Å². The van der Waals surface area contributed by atoms with E-state index in [0.717, 1.165) is 0 Å². The van der Waals surface area contributed by atoms with E-state index in [1.807, 2.05) is 18.2 Å². The van der Waals surface area contributed by atoms with Gasteiger partial charge in [0.1, 0.15) is 0 Å². The summed E-state index contributed by atoms with van der Waals surface area (Å²) in [4.78, 5) is 0. The number of benzene rings is 1. The van der Waals surface area contributed by atoms with Crippen LogP contribution in [0.3, 0.4) is 0 Å². The maximum Gasteiger partial charge on any atom is 0.0659 e. The van der Waals surface area contributed by atoms with Crippen LogP contribution >= 0.6 is 0 Å². The van der Waals surface area contributed by atoms with Crippen molar-refractivity contribution in [3.05, 3.63) is 35.9 Å². The predicted octanol–water partition coefficient (Wildman–Crippen LogP) is 3.13. The molecule has 0 amide bonds. The van der Waals surface area contributed by atoms with Crippen LogP contribution < -0.4 is 0 Å². The summed E-state index contributed by atoms with van der Waals surface area (Å²) in [6.45, 7) is 4.29. The van der Waals surface area contributed by atoms with Crippen molar-refractivity contribution in [1.82, 2.24) is 0 Å². The van der Waals surface area contributed by atoms with Gasteiger partial charge in [-0.25, -0.2) is 0 Å². The molecule has 1 aliphatic carbocycles. The first-order valence-corrected chi connectivity index (χ1v) is 5.86. The molecule has 1 N–H and O–H groups in total. The molecule has 1 atom stereocenters. The standard InChI is InChI=1S/C14H20O/c1-14(2,12-9-4-3-5-10-12)13(15)11-7-6-8-11/h3-5,9-11,13,15H,6-8H2,1-2H3. The van der Waals surface area contributed by atoms with Gasteiger partial charge in [0.2, 0.25) is 0 Å². The van der Waals surface area contributed by atoms with Gasteiger partial charge in [-0.1, -0.05) is 50.6 Å². The Hall–Kier alpha value is -0.820. The average molecular weight is 204 g/mol. The SMILES string of the molecule is CC(C)(c1ccccc1)C(O)C1CCC1. The number of aliphatic hydroxyl groups excluding tert-OH is 1. The smallest absolute Gasteiger partial charge is 0.0659 e. The molecule has 1 fully saturated rings. The second-order valence-corrected chi connectivity index (χ2v) is 5.22. The average Bonchev–Trinajstić information content (AvgIpc) is 2.16. The van der Waals surface area contributed by atoms with Crippen molar-refractivity contribution in [2.24, 2.45) is 5.92 Å². The fourth-order valence-electron chi connectivity index (χ4n) is 2.38. The monoisotopic (exact) mass is 204 g/mol. The van der Waals surface area contributed by atoms with Crippen LogP contribution in [0.5, 0.6) is 0 Å². The maximum absolute atomic E-state index is 10.4. The molecule has 1 aromatic rings. The lowest BCUT2D eigenvalue weighted by Gasteiger charge is -2.40. The van der Waals surface area contributed by atoms with Gasteiger partial charge in [0.15, 0.2) is 0 Å². The largest absolute Gasteiger partial charge is 0.392 e. The number of rotatable bonds is 3. The summed E-state index contributed by atoms with van der Waals surface area (Å²) in [5, 5.41) is 10.4. The van der Waals surface area contributed by atoms with Gasteiger partial charge in [-0.15, -0.1) is 0 Å². The van der Waals surface area contributed by atoms with Crippen molar-refractivity contribution in [1.29, 1.82) is 0 Å². The number of aliphatic hydroxyl groups is 1. The zero-order valence-electron chi connectivity index (χ0n) is 9.61. The third-order valence-corrected chi connectivity index (χ3v) is 3.85. The summed E-state index contributed by atoms with van der Waals surface area (Å²) in [5.41, 5.74) is 1.12. The number of hydrogen-bond donors (Lipinski definition) is 1. The first kappa shape index (κ1) is 10.7. The zero-order valence-corrected chi connectivity index (χ0v) is 9.61. The Morgan fingerprint density at radius 1 is 1.20 bits per heavy atom. The van der Waals surface area contributed by atoms with Gasteiger partial charge in [-0.2, -0.15) is 0 Å². The predicted molar refractivity (Wildman–Crippen MR) is 62.8 cm³/mol. The normalized spacial score (nSPS) is 19.7. The molecule has 0 spiro atoms. The van der Waals surface area contributed by atoms with E-state index in [9.17, 15) is 5.11 Å². The molecule has 1 nitrogen and oxygen atoms in total. The minimum atomic E-state index is -0.200. The Balaban J connectivity index is 2.18. The third kappa shape index (κ3) is 1.93. The molecule has 82 valence electrons. The highest BCUT2D eigenvalue weighted by molar-refractivity contribution is 5.25. The lowest BCUT2D eigenvalue weighted by molar-refractivity contribution is 0.00889. The Labute approximate surface area is 92.1 Å². The molecule has 1 unspecified atom stereocenters. The third-order valence-electron chi connectivity index (χ3n) is 3.85. The summed E-state index contributed by atoms with van der Waals surface area (Å²) >= 11 is 0. The Morgan fingerprint density at radius 3 is 2.27 bits per heavy atom. The minimum absolute atomic E-state index is 0.119. The first-order chi connectivity index (χ1) is 7.12. The van der Waals surface area contributed by atoms with E-state index < -0.39 is 0 Å². The molecule has 1 heteroatoms. The van der Waals surface area contributed by atoms with Crippen molar-refractivity contribution >= 4 is 0 Å². The van der Waals surface area contributed by atoms with Crippen LogP contribution in [0.25, 0.3) is 0 Å². The Kier molecular flexibility index (Phi) is 2.83.